The van der Waals surface area contributed by atoms with Gasteiger partial charge >= 0.3 is 0 Å². The molecule has 1 heterocycles. The summed E-state index contributed by atoms with van der Waals surface area (Å²) >= 11 is 12.1. The molecule has 0 bridgehead atoms. The van der Waals surface area contributed by atoms with Crippen LogP contribution in [0.5, 0.6) is 0 Å². The van der Waals surface area contributed by atoms with Gasteiger partial charge in [-0.05, 0) is 31.5 Å². The van der Waals surface area contributed by atoms with E-state index in [1.807, 2.05) is 19.9 Å². The van der Waals surface area contributed by atoms with Crippen LogP contribution in [0.1, 0.15) is 25.5 Å². The number of carbonyl (C=O) groups excluding carboxylic acids is 1. The van der Waals surface area contributed by atoms with E-state index in [1.165, 1.54) is 0 Å². The molecule has 0 radical (unpaired) electrons. The van der Waals surface area contributed by atoms with E-state index in [9.17, 15) is 4.79 Å². The first-order valence-electron chi connectivity index (χ1n) is 8.25. The summed E-state index contributed by atoms with van der Waals surface area (Å²) in [4.78, 5) is 16.9. The number of benzene rings is 1. The Hall–Kier alpha value is -0.850. The molecule has 1 aromatic carbocycles. The minimum Gasteiger partial charge on any atom is -0.395 e. The van der Waals surface area contributed by atoms with Crippen molar-refractivity contribution in [3.05, 3.63) is 33.8 Å². The van der Waals surface area contributed by atoms with Gasteiger partial charge in [0.1, 0.15) is 0 Å². The zero-order chi connectivity index (χ0) is 17.7. The minimum absolute atomic E-state index is 0.0101. The Labute approximate surface area is 153 Å². The van der Waals surface area contributed by atoms with Crippen molar-refractivity contribution < 1.29 is 9.90 Å². The quantitative estimate of drug-likeness (QED) is 0.802. The average Bonchev–Trinajstić information content (AvgIpc) is 2.55. The van der Waals surface area contributed by atoms with Crippen LogP contribution >= 0.6 is 23.2 Å². The topological polar surface area (TPSA) is 55.8 Å². The van der Waals surface area contributed by atoms with Crippen LogP contribution in [0.3, 0.4) is 0 Å². The second kappa shape index (κ2) is 9.02. The zero-order valence-electron chi connectivity index (χ0n) is 14.1. The van der Waals surface area contributed by atoms with Crippen LogP contribution in [0.4, 0.5) is 0 Å². The van der Waals surface area contributed by atoms with Crippen molar-refractivity contribution >= 4 is 29.1 Å². The molecular weight excluding hydrogens is 349 g/mol. The van der Waals surface area contributed by atoms with Gasteiger partial charge in [0.05, 0.1) is 18.7 Å². The SMILES string of the molecule is CC(NC(=O)C(C)N1CCN(CCO)CC1)c1ccc(Cl)cc1Cl. The Morgan fingerprint density at radius 3 is 2.50 bits per heavy atom. The molecule has 7 heteroatoms. The molecule has 2 rings (SSSR count). The van der Waals surface area contributed by atoms with Crippen molar-refractivity contribution in [2.75, 3.05) is 39.3 Å². The number of aliphatic hydroxyl groups is 1. The number of amides is 1. The number of rotatable bonds is 6. The first-order chi connectivity index (χ1) is 11.4. The van der Waals surface area contributed by atoms with Crippen LogP contribution in [-0.2, 0) is 4.79 Å². The van der Waals surface area contributed by atoms with Crippen molar-refractivity contribution in [2.24, 2.45) is 0 Å². The van der Waals surface area contributed by atoms with Crippen LogP contribution in [-0.4, -0.2) is 66.2 Å². The summed E-state index contributed by atoms with van der Waals surface area (Å²) in [5, 5.41) is 13.2. The predicted molar refractivity (Wildman–Crippen MR) is 97.6 cm³/mol. The lowest BCUT2D eigenvalue weighted by molar-refractivity contribution is -0.127. The highest BCUT2D eigenvalue weighted by molar-refractivity contribution is 6.35. The fraction of sp³-hybridized carbons (Fsp3) is 0.588. The van der Waals surface area contributed by atoms with Crippen LogP contribution in [0, 0.1) is 0 Å². The van der Waals surface area contributed by atoms with Crippen molar-refractivity contribution in [3.63, 3.8) is 0 Å². The smallest absolute Gasteiger partial charge is 0.237 e. The molecule has 0 saturated carbocycles. The number of β-amino-alcohol motifs (C(OH)–C–C–N with tert-alkyl or cyclic N) is 1. The van der Waals surface area contributed by atoms with Crippen LogP contribution in [0.25, 0.3) is 0 Å². The molecule has 1 aromatic rings. The van der Waals surface area contributed by atoms with E-state index >= 15 is 0 Å². The first-order valence-corrected chi connectivity index (χ1v) is 9.00. The Bertz CT molecular complexity index is 563. The second-order valence-corrected chi connectivity index (χ2v) is 7.02. The van der Waals surface area contributed by atoms with Crippen molar-refractivity contribution in [1.29, 1.82) is 0 Å². The Morgan fingerprint density at radius 2 is 1.92 bits per heavy atom. The number of hydrogen-bond acceptors (Lipinski definition) is 4. The maximum atomic E-state index is 12.5. The zero-order valence-corrected chi connectivity index (χ0v) is 15.6. The average molecular weight is 374 g/mol. The molecule has 0 aromatic heterocycles. The lowest BCUT2D eigenvalue weighted by atomic mass is 10.1. The molecule has 2 N–H and O–H groups in total. The summed E-state index contributed by atoms with van der Waals surface area (Å²) in [5.74, 6) is -0.0101. The lowest BCUT2D eigenvalue weighted by Crippen LogP contribution is -2.54. The molecule has 0 spiro atoms. The van der Waals surface area contributed by atoms with Crippen molar-refractivity contribution in [2.45, 2.75) is 25.9 Å². The molecule has 2 unspecified atom stereocenters. The summed E-state index contributed by atoms with van der Waals surface area (Å²) in [6.07, 6.45) is 0. The highest BCUT2D eigenvalue weighted by atomic mass is 35.5. The number of carbonyl (C=O) groups is 1. The molecule has 1 aliphatic heterocycles. The summed E-state index contributed by atoms with van der Waals surface area (Å²) in [6.45, 7) is 8.10. The molecule has 0 aliphatic carbocycles. The number of nitrogens with zero attached hydrogens (tertiary/aromatic N) is 2. The Morgan fingerprint density at radius 1 is 1.25 bits per heavy atom. The number of piperazine rings is 1. The molecule has 2 atom stereocenters. The third kappa shape index (κ3) is 5.07. The Kier molecular flexibility index (Phi) is 7.32. The van der Waals surface area contributed by atoms with Crippen molar-refractivity contribution in [3.8, 4) is 0 Å². The van der Waals surface area contributed by atoms with Gasteiger partial charge in [0, 0.05) is 42.8 Å². The van der Waals surface area contributed by atoms with Gasteiger partial charge in [0.25, 0.3) is 0 Å². The molecule has 1 fully saturated rings. The fourth-order valence-electron chi connectivity index (χ4n) is 2.95. The van der Waals surface area contributed by atoms with E-state index in [4.69, 9.17) is 28.3 Å². The molecule has 5 nitrogen and oxygen atoms in total. The molecular formula is C17H25Cl2N3O2. The van der Waals surface area contributed by atoms with E-state index in [2.05, 4.69) is 15.1 Å². The molecule has 24 heavy (non-hydrogen) atoms. The summed E-state index contributed by atoms with van der Waals surface area (Å²) in [6, 6.07) is 4.92. The lowest BCUT2D eigenvalue weighted by Gasteiger charge is -2.37. The number of nitrogens with one attached hydrogen (secondary N) is 1. The molecule has 134 valence electrons. The first kappa shape index (κ1) is 19.5. The third-order valence-corrected chi connectivity index (χ3v) is 5.10. The van der Waals surface area contributed by atoms with E-state index in [1.54, 1.807) is 12.1 Å². The summed E-state index contributed by atoms with van der Waals surface area (Å²) < 4.78 is 0. The number of halogens is 2. The predicted octanol–water partition coefficient (Wildman–Crippen LogP) is 2.17. The van der Waals surface area contributed by atoms with Gasteiger partial charge in [-0.25, -0.2) is 0 Å². The van der Waals surface area contributed by atoms with Crippen LogP contribution in [0.2, 0.25) is 10.0 Å². The number of hydrogen-bond donors (Lipinski definition) is 2. The van der Waals surface area contributed by atoms with E-state index < -0.39 is 0 Å². The normalized spacial score (nSPS) is 19.0. The monoisotopic (exact) mass is 373 g/mol. The summed E-state index contributed by atoms with van der Waals surface area (Å²) in [5.41, 5.74) is 0.856. The molecule has 1 saturated heterocycles. The van der Waals surface area contributed by atoms with Crippen molar-refractivity contribution in [1.82, 2.24) is 15.1 Å². The standard InChI is InChI=1S/C17H25Cl2N3O2/c1-12(15-4-3-14(18)11-16(15)19)20-17(24)13(2)22-7-5-21(6-8-22)9-10-23/h3-4,11-13,23H,5-10H2,1-2H3,(H,20,24). The highest BCUT2D eigenvalue weighted by Gasteiger charge is 2.26. The van der Waals surface area contributed by atoms with Crippen LogP contribution in [0.15, 0.2) is 18.2 Å². The van der Waals surface area contributed by atoms with Gasteiger partial charge in [-0.2, -0.15) is 0 Å². The molecule has 1 aliphatic rings. The molecule has 1 amide bonds. The van der Waals surface area contributed by atoms with E-state index in [0.717, 1.165) is 31.7 Å². The number of aliphatic hydroxyl groups excluding tert-OH is 1. The maximum Gasteiger partial charge on any atom is 0.237 e. The van der Waals surface area contributed by atoms with Gasteiger partial charge < -0.3 is 10.4 Å². The highest BCUT2D eigenvalue weighted by Crippen LogP contribution is 2.26. The van der Waals surface area contributed by atoms with Gasteiger partial charge in [0.15, 0.2) is 0 Å². The summed E-state index contributed by atoms with van der Waals surface area (Å²) in [7, 11) is 0. The fourth-order valence-corrected chi connectivity index (χ4v) is 3.52. The Balaban J connectivity index is 1.89. The van der Waals surface area contributed by atoms with E-state index in [0.29, 0.717) is 16.6 Å². The van der Waals surface area contributed by atoms with Gasteiger partial charge in [-0.3, -0.25) is 14.6 Å². The third-order valence-electron chi connectivity index (χ3n) is 4.54. The van der Waals surface area contributed by atoms with Crippen LogP contribution < -0.4 is 5.32 Å². The second-order valence-electron chi connectivity index (χ2n) is 6.17. The van der Waals surface area contributed by atoms with Gasteiger partial charge in [-0.1, -0.05) is 29.3 Å². The minimum atomic E-state index is -0.199. The largest absolute Gasteiger partial charge is 0.395 e. The van der Waals surface area contributed by atoms with E-state index in [-0.39, 0.29) is 24.6 Å². The van der Waals surface area contributed by atoms with Gasteiger partial charge in [-0.15, -0.1) is 0 Å². The maximum absolute atomic E-state index is 12.5. The van der Waals surface area contributed by atoms with Gasteiger partial charge in [0.2, 0.25) is 5.91 Å².